The van der Waals surface area contributed by atoms with Crippen molar-refractivity contribution in [2.24, 2.45) is 0 Å². The lowest BCUT2D eigenvalue weighted by Crippen LogP contribution is -2.10. The maximum Gasteiger partial charge on any atom is 0.227 e. The topological polar surface area (TPSA) is 63.8 Å². The Bertz CT molecular complexity index is 451. The summed E-state index contributed by atoms with van der Waals surface area (Å²) in [5.74, 6) is 1.39. The molecule has 0 saturated heterocycles. The molecule has 0 aliphatic rings. The van der Waals surface area contributed by atoms with Crippen molar-refractivity contribution in [3.8, 4) is 0 Å². The van der Waals surface area contributed by atoms with E-state index in [9.17, 15) is 0 Å². The van der Waals surface area contributed by atoms with Gasteiger partial charge in [0.15, 0.2) is 5.82 Å². The number of nitrogens with zero attached hydrogens (tertiary/aromatic N) is 3. The van der Waals surface area contributed by atoms with Crippen molar-refractivity contribution in [3.05, 3.63) is 27.8 Å². The maximum absolute atomic E-state index is 5.12. The van der Waals surface area contributed by atoms with E-state index in [1.165, 1.54) is 0 Å². The lowest BCUT2D eigenvalue weighted by molar-refractivity contribution is 0.372. The van der Waals surface area contributed by atoms with Crippen molar-refractivity contribution < 1.29 is 4.52 Å². The molecule has 0 radical (unpaired) electrons. The molecule has 0 spiro atoms. The Hall–Kier alpha value is -1.27. The van der Waals surface area contributed by atoms with Crippen LogP contribution < -0.4 is 5.32 Å². The van der Waals surface area contributed by atoms with Gasteiger partial charge in [-0.05, 0) is 14.0 Å². The quantitative estimate of drug-likeness (QED) is 0.847. The first-order chi connectivity index (χ1) is 7.78. The minimum absolute atomic E-state index is 0.654. The number of hydrogen-bond donors (Lipinski definition) is 1. The highest BCUT2D eigenvalue weighted by Gasteiger charge is 2.08. The smallest absolute Gasteiger partial charge is 0.227 e. The zero-order valence-corrected chi connectivity index (χ0v) is 10.2. The van der Waals surface area contributed by atoms with E-state index in [2.05, 4.69) is 20.4 Å². The summed E-state index contributed by atoms with van der Waals surface area (Å²) < 4.78 is 5.12. The van der Waals surface area contributed by atoms with Gasteiger partial charge in [-0.15, -0.1) is 11.3 Å². The van der Waals surface area contributed by atoms with Crippen LogP contribution in [0.15, 0.2) is 9.90 Å². The Morgan fingerprint density at radius 3 is 3.00 bits per heavy atom. The summed E-state index contributed by atoms with van der Waals surface area (Å²) in [5, 5.41) is 10.0. The standard InChI is InChI=1S/C10H14N4OS/c1-7-6-16-10(12-7)5-8-13-9(15-14-8)3-4-11-2/h6,11H,3-5H2,1-2H3. The molecular formula is C10H14N4OS. The predicted molar refractivity (Wildman–Crippen MR) is 61.6 cm³/mol. The normalized spacial score (nSPS) is 10.9. The third kappa shape index (κ3) is 2.86. The number of aryl methyl sites for hydroxylation is 1. The van der Waals surface area contributed by atoms with Crippen LogP contribution in [-0.4, -0.2) is 28.7 Å². The first-order valence-electron chi connectivity index (χ1n) is 5.15. The van der Waals surface area contributed by atoms with Crippen molar-refractivity contribution >= 4 is 11.3 Å². The molecule has 6 heteroatoms. The van der Waals surface area contributed by atoms with Gasteiger partial charge in [0.05, 0.1) is 6.42 Å². The van der Waals surface area contributed by atoms with Crippen molar-refractivity contribution in [3.63, 3.8) is 0 Å². The number of aromatic nitrogens is 3. The van der Waals surface area contributed by atoms with E-state index >= 15 is 0 Å². The van der Waals surface area contributed by atoms with E-state index in [1.807, 2.05) is 19.4 Å². The third-order valence-corrected chi connectivity index (χ3v) is 3.04. The Morgan fingerprint density at radius 1 is 1.44 bits per heavy atom. The van der Waals surface area contributed by atoms with E-state index in [0.29, 0.717) is 18.1 Å². The van der Waals surface area contributed by atoms with Gasteiger partial charge in [0.1, 0.15) is 5.01 Å². The van der Waals surface area contributed by atoms with Gasteiger partial charge in [0.2, 0.25) is 5.89 Å². The maximum atomic E-state index is 5.12. The SMILES string of the molecule is CNCCc1nc(Cc2nc(C)cs2)no1. The fraction of sp³-hybridized carbons (Fsp3) is 0.500. The molecule has 2 aromatic rings. The lowest BCUT2D eigenvalue weighted by Gasteiger charge is -1.90. The zero-order valence-electron chi connectivity index (χ0n) is 9.36. The fourth-order valence-corrected chi connectivity index (χ4v) is 2.08. The molecule has 16 heavy (non-hydrogen) atoms. The summed E-state index contributed by atoms with van der Waals surface area (Å²) >= 11 is 1.63. The van der Waals surface area contributed by atoms with Crippen molar-refractivity contribution in [1.82, 2.24) is 20.4 Å². The molecular weight excluding hydrogens is 224 g/mol. The van der Waals surface area contributed by atoms with Gasteiger partial charge in [0.25, 0.3) is 0 Å². The lowest BCUT2D eigenvalue weighted by atomic mass is 10.4. The van der Waals surface area contributed by atoms with Crippen LogP contribution in [0.4, 0.5) is 0 Å². The van der Waals surface area contributed by atoms with Gasteiger partial charge >= 0.3 is 0 Å². The largest absolute Gasteiger partial charge is 0.339 e. The molecule has 0 bridgehead atoms. The minimum atomic E-state index is 0.654. The average molecular weight is 238 g/mol. The highest BCUT2D eigenvalue weighted by atomic mass is 32.1. The molecule has 2 aromatic heterocycles. The van der Waals surface area contributed by atoms with Crippen LogP contribution >= 0.6 is 11.3 Å². The Balaban J connectivity index is 1.97. The first kappa shape index (κ1) is 11.2. The minimum Gasteiger partial charge on any atom is -0.339 e. The van der Waals surface area contributed by atoms with Crippen LogP contribution in [0.25, 0.3) is 0 Å². The van der Waals surface area contributed by atoms with Crippen LogP contribution in [0.2, 0.25) is 0 Å². The van der Waals surface area contributed by atoms with Gasteiger partial charge in [-0.2, -0.15) is 4.98 Å². The average Bonchev–Trinajstić information content (AvgIpc) is 2.86. The zero-order chi connectivity index (χ0) is 11.4. The van der Waals surface area contributed by atoms with Gasteiger partial charge in [-0.3, -0.25) is 0 Å². The number of likely N-dealkylation sites (N-methyl/N-ethyl adjacent to an activating group) is 1. The van der Waals surface area contributed by atoms with Gasteiger partial charge in [0, 0.05) is 24.0 Å². The summed E-state index contributed by atoms with van der Waals surface area (Å²) in [5.41, 5.74) is 1.04. The summed E-state index contributed by atoms with van der Waals surface area (Å²) in [6, 6.07) is 0. The molecule has 2 rings (SSSR count). The molecule has 0 aliphatic heterocycles. The molecule has 0 unspecified atom stereocenters. The molecule has 1 N–H and O–H groups in total. The highest BCUT2D eigenvalue weighted by Crippen LogP contribution is 2.12. The second-order valence-electron chi connectivity index (χ2n) is 3.52. The fourth-order valence-electron chi connectivity index (χ4n) is 1.31. The van der Waals surface area contributed by atoms with Crippen LogP contribution in [0, 0.1) is 6.92 Å². The Labute approximate surface area is 97.9 Å². The molecule has 86 valence electrons. The van der Waals surface area contributed by atoms with Gasteiger partial charge < -0.3 is 9.84 Å². The van der Waals surface area contributed by atoms with E-state index in [4.69, 9.17) is 4.52 Å². The molecule has 0 fully saturated rings. The van der Waals surface area contributed by atoms with Crippen molar-refractivity contribution in [1.29, 1.82) is 0 Å². The van der Waals surface area contributed by atoms with Crippen molar-refractivity contribution in [2.45, 2.75) is 19.8 Å². The van der Waals surface area contributed by atoms with Crippen LogP contribution in [-0.2, 0) is 12.8 Å². The molecule has 0 amide bonds. The Kier molecular flexibility index (Phi) is 3.63. The number of thiazole rings is 1. The molecule has 0 aromatic carbocycles. The van der Waals surface area contributed by atoms with E-state index < -0.39 is 0 Å². The molecule has 0 saturated carbocycles. The van der Waals surface area contributed by atoms with Crippen LogP contribution in [0.5, 0.6) is 0 Å². The second kappa shape index (κ2) is 5.18. The summed E-state index contributed by atoms with van der Waals surface area (Å²) in [4.78, 5) is 8.66. The highest BCUT2D eigenvalue weighted by molar-refractivity contribution is 7.09. The van der Waals surface area contributed by atoms with Gasteiger partial charge in [-0.25, -0.2) is 4.98 Å². The van der Waals surface area contributed by atoms with E-state index in [0.717, 1.165) is 23.7 Å². The number of rotatable bonds is 5. The van der Waals surface area contributed by atoms with Crippen molar-refractivity contribution in [2.75, 3.05) is 13.6 Å². The predicted octanol–water partition coefficient (Wildman–Crippen LogP) is 1.19. The second-order valence-corrected chi connectivity index (χ2v) is 4.46. The van der Waals surface area contributed by atoms with Crippen LogP contribution in [0.3, 0.4) is 0 Å². The van der Waals surface area contributed by atoms with Gasteiger partial charge in [-0.1, -0.05) is 5.16 Å². The molecule has 0 aliphatic carbocycles. The summed E-state index contributed by atoms with van der Waals surface area (Å²) in [6.07, 6.45) is 1.42. The molecule has 2 heterocycles. The van der Waals surface area contributed by atoms with E-state index in [-0.39, 0.29) is 0 Å². The van der Waals surface area contributed by atoms with Crippen LogP contribution in [0.1, 0.15) is 22.4 Å². The Morgan fingerprint density at radius 2 is 2.31 bits per heavy atom. The summed E-state index contributed by atoms with van der Waals surface area (Å²) in [7, 11) is 1.90. The first-order valence-corrected chi connectivity index (χ1v) is 6.03. The molecule has 5 nitrogen and oxygen atoms in total. The third-order valence-electron chi connectivity index (χ3n) is 2.07. The number of nitrogens with one attached hydrogen (secondary N) is 1. The summed E-state index contributed by atoms with van der Waals surface area (Å²) in [6.45, 7) is 2.83. The number of hydrogen-bond acceptors (Lipinski definition) is 6. The monoisotopic (exact) mass is 238 g/mol. The molecule has 0 atom stereocenters. The van der Waals surface area contributed by atoms with E-state index in [1.54, 1.807) is 11.3 Å².